The molecule has 1 unspecified atom stereocenters. The van der Waals surface area contributed by atoms with E-state index in [1.54, 1.807) is 6.33 Å². The third kappa shape index (κ3) is 2.36. The van der Waals surface area contributed by atoms with Gasteiger partial charge in [0, 0.05) is 26.2 Å². The van der Waals surface area contributed by atoms with Crippen molar-refractivity contribution in [2.75, 3.05) is 30.4 Å². The van der Waals surface area contributed by atoms with Crippen LogP contribution < -0.4 is 10.2 Å². The van der Waals surface area contributed by atoms with E-state index < -0.39 is 0 Å². The van der Waals surface area contributed by atoms with Gasteiger partial charge in [-0.1, -0.05) is 0 Å². The predicted molar refractivity (Wildman–Crippen MR) is 59.0 cm³/mol. The molecule has 0 amide bonds. The van der Waals surface area contributed by atoms with Gasteiger partial charge in [-0.15, -0.1) is 0 Å². The average Bonchev–Trinajstić information content (AvgIpc) is 2.29. The lowest BCUT2D eigenvalue weighted by Gasteiger charge is -2.30. The molecule has 5 heteroatoms. The van der Waals surface area contributed by atoms with Crippen molar-refractivity contribution in [1.29, 1.82) is 0 Å². The Morgan fingerprint density at radius 3 is 3.13 bits per heavy atom. The summed E-state index contributed by atoms with van der Waals surface area (Å²) < 4.78 is 0. The quantitative estimate of drug-likeness (QED) is 0.740. The number of rotatable bonds is 2. The number of aliphatic hydroxyl groups excluding tert-OH is 1. The van der Waals surface area contributed by atoms with Crippen molar-refractivity contribution in [2.45, 2.75) is 18.9 Å². The van der Waals surface area contributed by atoms with E-state index in [4.69, 9.17) is 0 Å². The SMILES string of the molecule is CNc1cc(N2CCCC(O)C2)ncn1. The van der Waals surface area contributed by atoms with Crippen LogP contribution >= 0.6 is 0 Å². The zero-order valence-corrected chi connectivity index (χ0v) is 8.85. The minimum absolute atomic E-state index is 0.230. The highest BCUT2D eigenvalue weighted by Crippen LogP contribution is 2.18. The second kappa shape index (κ2) is 4.44. The summed E-state index contributed by atoms with van der Waals surface area (Å²) >= 11 is 0. The number of hydrogen-bond acceptors (Lipinski definition) is 5. The molecule has 82 valence electrons. The monoisotopic (exact) mass is 208 g/mol. The smallest absolute Gasteiger partial charge is 0.134 e. The van der Waals surface area contributed by atoms with Crippen molar-refractivity contribution in [1.82, 2.24) is 9.97 Å². The van der Waals surface area contributed by atoms with Crippen LogP contribution in [-0.2, 0) is 0 Å². The fraction of sp³-hybridized carbons (Fsp3) is 0.600. The van der Waals surface area contributed by atoms with Gasteiger partial charge in [0.05, 0.1) is 6.10 Å². The number of piperidine rings is 1. The number of aliphatic hydroxyl groups is 1. The van der Waals surface area contributed by atoms with E-state index in [2.05, 4.69) is 20.2 Å². The molecule has 0 aromatic carbocycles. The maximum Gasteiger partial charge on any atom is 0.134 e. The summed E-state index contributed by atoms with van der Waals surface area (Å²) in [6, 6.07) is 1.90. The van der Waals surface area contributed by atoms with Gasteiger partial charge in [0.25, 0.3) is 0 Å². The van der Waals surface area contributed by atoms with E-state index >= 15 is 0 Å². The lowest BCUT2D eigenvalue weighted by atomic mass is 10.1. The van der Waals surface area contributed by atoms with Crippen LogP contribution in [0.15, 0.2) is 12.4 Å². The van der Waals surface area contributed by atoms with Crippen LogP contribution in [0, 0.1) is 0 Å². The molecule has 1 aromatic heterocycles. The summed E-state index contributed by atoms with van der Waals surface area (Å²) in [4.78, 5) is 10.4. The molecule has 0 radical (unpaired) electrons. The lowest BCUT2D eigenvalue weighted by Crippen LogP contribution is -2.38. The molecule has 15 heavy (non-hydrogen) atoms. The van der Waals surface area contributed by atoms with Crippen molar-refractivity contribution in [3.63, 3.8) is 0 Å². The summed E-state index contributed by atoms with van der Waals surface area (Å²) in [6.45, 7) is 1.62. The number of aromatic nitrogens is 2. The topological polar surface area (TPSA) is 61.3 Å². The van der Waals surface area contributed by atoms with Crippen LogP contribution in [0.2, 0.25) is 0 Å². The van der Waals surface area contributed by atoms with Crippen molar-refractivity contribution >= 4 is 11.6 Å². The van der Waals surface area contributed by atoms with Gasteiger partial charge < -0.3 is 15.3 Å². The molecule has 1 aromatic rings. The molecule has 1 atom stereocenters. The zero-order chi connectivity index (χ0) is 10.7. The maximum atomic E-state index is 9.57. The molecule has 1 aliphatic heterocycles. The van der Waals surface area contributed by atoms with Gasteiger partial charge in [-0.3, -0.25) is 0 Å². The van der Waals surface area contributed by atoms with Crippen molar-refractivity contribution in [3.8, 4) is 0 Å². The second-order valence-corrected chi connectivity index (χ2v) is 3.75. The molecule has 0 spiro atoms. The average molecular weight is 208 g/mol. The van der Waals surface area contributed by atoms with Gasteiger partial charge >= 0.3 is 0 Å². The van der Waals surface area contributed by atoms with Gasteiger partial charge in [-0.2, -0.15) is 0 Å². The van der Waals surface area contributed by atoms with Crippen molar-refractivity contribution in [3.05, 3.63) is 12.4 Å². The highest BCUT2D eigenvalue weighted by molar-refractivity contribution is 5.48. The molecule has 1 aliphatic rings. The fourth-order valence-electron chi connectivity index (χ4n) is 1.82. The van der Waals surface area contributed by atoms with E-state index in [1.165, 1.54) is 0 Å². The Bertz CT molecular complexity index is 331. The molecule has 0 saturated carbocycles. The number of hydrogen-bond donors (Lipinski definition) is 2. The van der Waals surface area contributed by atoms with Crippen LogP contribution in [0.3, 0.4) is 0 Å². The van der Waals surface area contributed by atoms with Crippen molar-refractivity contribution in [2.24, 2.45) is 0 Å². The first-order valence-corrected chi connectivity index (χ1v) is 5.22. The number of nitrogens with one attached hydrogen (secondary N) is 1. The van der Waals surface area contributed by atoms with Crippen LogP contribution in [-0.4, -0.2) is 41.3 Å². The first-order chi connectivity index (χ1) is 7.29. The first-order valence-electron chi connectivity index (χ1n) is 5.22. The molecular weight excluding hydrogens is 192 g/mol. The lowest BCUT2D eigenvalue weighted by molar-refractivity contribution is 0.154. The standard InChI is InChI=1S/C10H16N4O/c1-11-9-5-10(13-7-12-9)14-4-2-3-8(15)6-14/h5,7-8,15H,2-4,6H2,1H3,(H,11,12,13). The summed E-state index contributed by atoms with van der Waals surface area (Å²) in [5, 5.41) is 12.5. The van der Waals surface area contributed by atoms with Crippen LogP contribution in [0.5, 0.6) is 0 Å². The molecule has 0 bridgehead atoms. The molecule has 1 fully saturated rings. The Hall–Kier alpha value is -1.36. The van der Waals surface area contributed by atoms with E-state index in [1.807, 2.05) is 13.1 Å². The molecule has 2 rings (SSSR count). The third-order valence-corrected chi connectivity index (χ3v) is 2.63. The van der Waals surface area contributed by atoms with E-state index in [9.17, 15) is 5.11 Å². The van der Waals surface area contributed by atoms with Gasteiger partial charge in [0.1, 0.15) is 18.0 Å². The zero-order valence-electron chi connectivity index (χ0n) is 8.85. The molecule has 2 heterocycles. The Morgan fingerprint density at radius 1 is 1.53 bits per heavy atom. The van der Waals surface area contributed by atoms with Gasteiger partial charge in [-0.05, 0) is 12.8 Å². The van der Waals surface area contributed by atoms with Gasteiger partial charge in [-0.25, -0.2) is 9.97 Å². The minimum Gasteiger partial charge on any atom is -0.391 e. The fourth-order valence-corrected chi connectivity index (χ4v) is 1.82. The van der Waals surface area contributed by atoms with E-state index in [0.717, 1.165) is 31.0 Å². The molecule has 5 nitrogen and oxygen atoms in total. The summed E-state index contributed by atoms with van der Waals surface area (Å²) in [6.07, 6.45) is 3.22. The summed E-state index contributed by atoms with van der Waals surface area (Å²) in [5.41, 5.74) is 0. The normalized spacial score (nSPS) is 21.5. The third-order valence-electron chi connectivity index (χ3n) is 2.63. The number of nitrogens with zero attached hydrogens (tertiary/aromatic N) is 3. The minimum atomic E-state index is -0.230. The second-order valence-electron chi connectivity index (χ2n) is 3.75. The highest BCUT2D eigenvalue weighted by Gasteiger charge is 2.18. The Kier molecular flexibility index (Phi) is 3.01. The summed E-state index contributed by atoms with van der Waals surface area (Å²) in [5.74, 6) is 1.69. The predicted octanol–water partition coefficient (Wildman–Crippen LogP) is 0.479. The molecule has 2 N–H and O–H groups in total. The molecule has 1 saturated heterocycles. The van der Waals surface area contributed by atoms with E-state index in [-0.39, 0.29) is 6.10 Å². The van der Waals surface area contributed by atoms with Crippen LogP contribution in [0.4, 0.5) is 11.6 Å². The van der Waals surface area contributed by atoms with Gasteiger partial charge in [0.2, 0.25) is 0 Å². The Labute approximate surface area is 89.2 Å². The van der Waals surface area contributed by atoms with Crippen LogP contribution in [0.25, 0.3) is 0 Å². The first kappa shape index (κ1) is 10.2. The Balaban J connectivity index is 2.13. The largest absolute Gasteiger partial charge is 0.391 e. The van der Waals surface area contributed by atoms with Gasteiger partial charge in [0.15, 0.2) is 0 Å². The maximum absolute atomic E-state index is 9.57. The highest BCUT2D eigenvalue weighted by atomic mass is 16.3. The number of β-amino-alcohol motifs (C(OH)–C–C–N with tert-alkyl or cyclic N) is 1. The van der Waals surface area contributed by atoms with Crippen molar-refractivity contribution < 1.29 is 5.11 Å². The van der Waals surface area contributed by atoms with E-state index in [0.29, 0.717) is 6.54 Å². The molecular formula is C10H16N4O. The molecule has 0 aliphatic carbocycles. The Morgan fingerprint density at radius 2 is 2.40 bits per heavy atom. The summed E-state index contributed by atoms with van der Waals surface area (Å²) in [7, 11) is 1.83. The van der Waals surface area contributed by atoms with Crippen LogP contribution in [0.1, 0.15) is 12.8 Å². The number of anilines is 2.